The number of halogens is 1. The molecule has 0 spiro atoms. The summed E-state index contributed by atoms with van der Waals surface area (Å²) in [5, 5.41) is 13.4. The molecule has 3 heterocycles. The number of nitrogens with zero attached hydrogens (tertiary/aromatic N) is 5. The van der Waals surface area contributed by atoms with Gasteiger partial charge < -0.3 is 14.1 Å². The zero-order chi connectivity index (χ0) is 26.5. The SMILES string of the molecule is CCOc1ccc2[nH]c(=O)c(CN(Cc3ccco3)[C@H](CC)c3nnnn3Cc3ccc(F)cc3)cc2c1. The van der Waals surface area contributed by atoms with Crippen molar-refractivity contribution in [2.45, 2.75) is 45.9 Å². The summed E-state index contributed by atoms with van der Waals surface area (Å²) in [6.07, 6.45) is 2.32. The van der Waals surface area contributed by atoms with Crippen LogP contribution in [0.25, 0.3) is 10.9 Å². The molecule has 2 aromatic carbocycles. The Balaban J connectivity index is 1.49. The number of pyridine rings is 1. The first kappa shape index (κ1) is 25.3. The molecular formula is C28H29FN6O3. The van der Waals surface area contributed by atoms with Crippen LogP contribution in [0.4, 0.5) is 4.39 Å². The van der Waals surface area contributed by atoms with Gasteiger partial charge in [0.05, 0.1) is 32.0 Å². The van der Waals surface area contributed by atoms with E-state index in [0.29, 0.717) is 44.0 Å². The van der Waals surface area contributed by atoms with Gasteiger partial charge in [-0.25, -0.2) is 9.07 Å². The Morgan fingerprint density at radius 3 is 2.68 bits per heavy atom. The summed E-state index contributed by atoms with van der Waals surface area (Å²) >= 11 is 0. The number of H-pyrrole nitrogens is 1. The zero-order valence-electron chi connectivity index (χ0n) is 21.3. The van der Waals surface area contributed by atoms with E-state index in [4.69, 9.17) is 9.15 Å². The van der Waals surface area contributed by atoms with Crippen molar-refractivity contribution in [1.29, 1.82) is 0 Å². The molecule has 10 heteroatoms. The average Bonchev–Trinajstić information content (AvgIpc) is 3.59. The lowest BCUT2D eigenvalue weighted by Crippen LogP contribution is -2.32. The number of aromatic nitrogens is 5. The highest BCUT2D eigenvalue weighted by Gasteiger charge is 2.27. The van der Waals surface area contributed by atoms with Crippen LogP contribution in [0.2, 0.25) is 0 Å². The summed E-state index contributed by atoms with van der Waals surface area (Å²) in [7, 11) is 0. The first-order valence-electron chi connectivity index (χ1n) is 12.6. The quantitative estimate of drug-likeness (QED) is 0.268. The molecule has 0 bridgehead atoms. The minimum absolute atomic E-state index is 0.160. The Bertz CT molecular complexity index is 1550. The van der Waals surface area contributed by atoms with Crippen molar-refractivity contribution in [3.8, 4) is 5.75 Å². The molecule has 0 amide bonds. The van der Waals surface area contributed by atoms with Crippen molar-refractivity contribution in [3.63, 3.8) is 0 Å². The molecule has 5 aromatic rings. The molecule has 0 radical (unpaired) electrons. The molecule has 9 nitrogen and oxygen atoms in total. The van der Waals surface area contributed by atoms with Crippen LogP contribution in [0.1, 0.15) is 49.0 Å². The summed E-state index contributed by atoms with van der Waals surface area (Å²) in [5.41, 5.74) is 2.07. The van der Waals surface area contributed by atoms with Crippen LogP contribution in [0.15, 0.2) is 76.1 Å². The molecule has 0 aliphatic heterocycles. The van der Waals surface area contributed by atoms with Gasteiger partial charge in [0, 0.05) is 23.0 Å². The van der Waals surface area contributed by atoms with Gasteiger partial charge in [-0.15, -0.1) is 5.10 Å². The van der Waals surface area contributed by atoms with Gasteiger partial charge in [0.25, 0.3) is 5.56 Å². The van der Waals surface area contributed by atoms with Crippen LogP contribution >= 0.6 is 0 Å². The van der Waals surface area contributed by atoms with Gasteiger partial charge in [0.1, 0.15) is 17.3 Å². The first-order valence-corrected chi connectivity index (χ1v) is 12.6. The van der Waals surface area contributed by atoms with Crippen molar-refractivity contribution in [2.24, 2.45) is 0 Å². The molecule has 5 rings (SSSR count). The molecular weight excluding hydrogens is 487 g/mol. The van der Waals surface area contributed by atoms with Crippen LogP contribution in [0.5, 0.6) is 5.75 Å². The largest absolute Gasteiger partial charge is 0.494 e. The highest BCUT2D eigenvalue weighted by Crippen LogP contribution is 2.27. The number of ether oxygens (including phenoxy) is 1. The highest BCUT2D eigenvalue weighted by atomic mass is 19.1. The number of hydrogen-bond acceptors (Lipinski definition) is 7. The van der Waals surface area contributed by atoms with Gasteiger partial charge in [-0.3, -0.25) is 9.69 Å². The van der Waals surface area contributed by atoms with Crippen molar-refractivity contribution in [1.82, 2.24) is 30.1 Å². The summed E-state index contributed by atoms with van der Waals surface area (Å²) < 4.78 is 26.4. The van der Waals surface area contributed by atoms with E-state index in [1.54, 1.807) is 23.1 Å². The van der Waals surface area contributed by atoms with Crippen LogP contribution in [-0.2, 0) is 19.6 Å². The first-order chi connectivity index (χ1) is 18.5. The molecule has 196 valence electrons. The highest BCUT2D eigenvalue weighted by molar-refractivity contribution is 5.80. The lowest BCUT2D eigenvalue weighted by atomic mass is 10.1. The molecule has 1 atom stereocenters. The second kappa shape index (κ2) is 11.4. The monoisotopic (exact) mass is 516 g/mol. The van der Waals surface area contributed by atoms with Crippen LogP contribution < -0.4 is 10.3 Å². The summed E-state index contributed by atoms with van der Waals surface area (Å²) in [5.74, 6) is 1.86. The molecule has 0 saturated carbocycles. The van der Waals surface area contributed by atoms with E-state index < -0.39 is 0 Å². The second-order valence-corrected chi connectivity index (χ2v) is 9.04. The molecule has 38 heavy (non-hydrogen) atoms. The van der Waals surface area contributed by atoms with E-state index in [1.165, 1.54) is 12.1 Å². The number of aromatic amines is 1. The standard InChI is InChI=1S/C28H29FN6O3/c1-3-26(27-31-32-33-35(27)16-19-7-9-22(29)10-8-19)34(18-24-6-5-13-38-24)17-21-14-20-15-23(37-4-2)11-12-25(20)30-28(21)36/h5-15,26H,3-4,16-18H2,1-2H3,(H,30,36)/t26-/m1/s1. The zero-order valence-corrected chi connectivity index (χ0v) is 21.3. The van der Waals surface area contributed by atoms with E-state index >= 15 is 0 Å². The number of benzene rings is 2. The Hall–Kier alpha value is -4.31. The number of rotatable bonds is 11. The lowest BCUT2D eigenvalue weighted by molar-refractivity contribution is 0.149. The predicted molar refractivity (Wildman–Crippen MR) is 140 cm³/mol. The van der Waals surface area contributed by atoms with Gasteiger partial charge in [0.2, 0.25) is 0 Å². The number of tetrazole rings is 1. The maximum atomic E-state index is 13.4. The second-order valence-electron chi connectivity index (χ2n) is 9.04. The average molecular weight is 517 g/mol. The number of fused-ring (bicyclic) bond motifs is 1. The van der Waals surface area contributed by atoms with E-state index in [0.717, 1.165) is 28.0 Å². The van der Waals surface area contributed by atoms with Crippen LogP contribution in [0, 0.1) is 5.82 Å². The van der Waals surface area contributed by atoms with E-state index in [-0.39, 0.29) is 17.4 Å². The fourth-order valence-corrected chi connectivity index (χ4v) is 4.63. The van der Waals surface area contributed by atoms with Crippen LogP contribution in [-0.4, -0.2) is 36.7 Å². The normalized spacial score (nSPS) is 12.3. The Morgan fingerprint density at radius 2 is 1.95 bits per heavy atom. The van der Waals surface area contributed by atoms with E-state index in [2.05, 4.69) is 32.3 Å². The van der Waals surface area contributed by atoms with Gasteiger partial charge in [-0.2, -0.15) is 0 Å². The van der Waals surface area contributed by atoms with Crippen molar-refractivity contribution in [3.05, 3.63) is 106 Å². The number of hydrogen-bond donors (Lipinski definition) is 1. The lowest BCUT2D eigenvalue weighted by Gasteiger charge is -2.29. The molecule has 0 fully saturated rings. The molecule has 0 saturated heterocycles. The number of nitrogens with one attached hydrogen (secondary N) is 1. The smallest absolute Gasteiger partial charge is 0.252 e. The van der Waals surface area contributed by atoms with Gasteiger partial charge in [-0.05, 0) is 77.9 Å². The van der Waals surface area contributed by atoms with E-state index in [1.807, 2.05) is 43.3 Å². The van der Waals surface area contributed by atoms with Crippen LogP contribution in [0.3, 0.4) is 0 Å². The maximum absolute atomic E-state index is 13.4. The van der Waals surface area contributed by atoms with Crippen molar-refractivity contribution < 1.29 is 13.5 Å². The molecule has 0 aliphatic rings. The third-order valence-electron chi connectivity index (χ3n) is 6.45. The minimum Gasteiger partial charge on any atom is -0.494 e. The molecule has 0 aliphatic carbocycles. The summed E-state index contributed by atoms with van der Waals surface area (Å²) in [6.45, 7) is 5.73. The molecule has 0 unspecified atom stereocenters. The Kier molecular flexibility index (Phi) is 7.60. The summed E-state index contributed by atoms with van der Waals surface area (Å²) in [4.78, 5) is 18.2. The fraction of sp³-hybridized carbons (Fsp3) is 0.286. The summed E-state index contributed by atoms with van der Waals surface area (Å²) in [6, 6.07) is 17.3. The third kappa shape index (κ3) is 5.65. The maximum Gasteiger partial charge on any atom is 0.252 e. The molecule has 1 N–H and O–H groups in total. The van der Waals surface area contributed by atoms with E-state index in [9.17, 15) is 9.18 Å². The predicted octanol–water partition coefficient (Wildman–Crippen LogP) is 4.85. The number of furan rings is 1. The van der Waals surface area contributed by atoms with Gasteiger partial charge in [0.15, 0.2) is 5.82 Å². The fourth-order valence-electron chi connectivity index (χ4n) is 4.63. The van der Waals surface area contributed by atoms with Gasteiger partial charge in [-0.1, -0.05) is 19.1 Å². The van der Waals surface area contributed by atoms with Crippen molar-refractivity contribution >= 4 is 10.9 Å². The third-order valence-corrected chi connectivity index (χ3v) is 6.45. The Morgan fingerprint density at radius 1 is 1.11 bits per heavy atom. The van der Waals surface area contributed by atoms with Crippen molar-refractivity contribution in [2.75, 3.05) is 6.61 Å². The Labute approximate surface area is 218 Å². The topological polar surface area (TPSA) is 102 Å². The molecule has 3 aromatic heterocycles. The minimum atomic E-state index is -0.296. The van der Waals surface area contributed by atoms with Gasteiger partial charge >= 0.3 is 0 Å².